The first-order chi connectivity index (χ1) is 19.2. The van der Waals surface area contributed by atoms with E-state index in [1.807, 2.05) is 41.1 Å². The Labute approximate surface area is 235 Å². The van der Waals surface area contributed by atoms with E-state index in [1.165, 1.54) is 0 Å². The van der Waals surface area contributed by atoms with E-state index in [0.717, 1.165) is 42.3 Å². The summed E-state index contributed by atoms with van der Waals surface area (Å²) in [6, 6.07) is 12.9. The fourth-order valence-electron chi connectivity index (χ4n) is 5.64. The molecular weight excluding hydrogens is 532 g/mol. The van der Waals surface area contributed by atoms with Gasteiger partial charge in [-0.3, -0.25) is 14.3 Å². The summed E-state index contributed by atoms with van der Waals surface area (Å²) in [6.45, 7) is 3.11. The van der Waals surface area contributed by atoms with E-state index < -0.39 is 11.4 Å². The molecule has 0 aliphatic carbocycles. The molecule has 1 saturated heterocycles. The van der Waals surface area contributed by atoms with Gasteiger partial charge in [0.25, 0.3) is 0 Å². The quantitative estimate of drug-likeness (QED) is 0.298. The Hall–Kier alpha value is -4.02. The first-order valence-electron chi connectivity index (χ1n) is 13.3. The Morgan fingerprint density at radius 1 is 1.23 bits per heavy atom. The molecule has 0 spiro atoms. The summed E-state index contributed by atoms with van der Waals surface area (Å²) >= 11 is 6.34. The lowest BCUT2D eigenvalue weighted by Gasteiger charge is -2.23. The van der Waals surface area contributed by atoms with Gasteiger partial charge in [0.1, 0.15) is 22.7 Å². The zero-order chi connectivity index (χ0) is 28.0. The number of carboxylic acid groups (broad SMARTS) is 1. The van der Waals surface area contributed by atoms with E-state index in [-0.39, 0.29) is 24.2 Å². The van der Waals surface area contributed by atoms with Crippen molar-refractivity contribution in [1.82, 2.24) is 19.7 Å². The second-order valence-electron chi connectivity index (χ2n) is 10.5. The Balaban J connectivity index is 1.38. The van der Waals surface area contributed by atoms with Gasteiger partial charge in [-0.05, 0) is 61.9 Å². The number of aryl methyl sites for hydroxylation is 1. The number of carboxylic acids is 1. The van der Waals surface area contributed by atoms with Crippen LogP contribution in [0.2, 0.25) is 5.02 Å². The summed E-state index contributed by atoms with van der Waals surface area (Å²) in [7, 11) is 0. The molecule has 1 fully saturated rings. The molecule has 2 atom stereocenters. The normalized spacial score (nSPS) is 20.4. The number of nitrogens with one attached hydrogen (secondary N) is 1. The van der Waals surface area contributed by atoms with Gasteiger partial charge in [-0.15, -0.1) is 0 Å². The molecule has 2 aliphatic rings. The van der Waals surface area contributed by atoms with Crippen LogP contribution < -0.4 is 11.1 Å². The highest BCUT2D eigenvalue weighted by Gasteiger charge is 2.47. The maximum atomic E-state index is 13.4. The highest BCUT2D eigenvalue weighted by molar-refractivity contribution is 6.31. The molecule has 2 aliphatic heterocycles. The lowest BCUT2D eigenvalue weighted by molar-refractivity contribution is -0.137. The van der Waals surface area contributed by atoms with Crippen LogP contribution in [0.1, 0.15) is 49.3 Å². The van der Waals surface area contributed by atoms with Crippen LogP contribution in [-0.2, 0) is 32.7 Å². The Kier molecular flexibility index (Phi) is 6.67. The highest BCUT2D eigenvalue weighted by Crippen LogP contribution is 2.45. The average Bonchev–Trinajstić information content (AvgIpc) is 3.42. The fourth-order valence-corrected chi connectivity index (χ4v) is 5.81. The summed E-state index contributed by atoms with van der Waals surface area (Å²) in [6.07, 6.45) is 3.65. The molecule has 4 aromatic rings. The van der Waals surface area contributed by atoms with Crippen molar-refractivity contribution in [1.29, 1.82) is 0 Å². The maximum absolute atomic E-state index is 13.4. The van der Waals surface area contributed by atoms with E-state index in [2.05, 4.69) is 10.3 Å². The number of rotatable bonds is 7. The van der Waals surface area contributed by atoms with Gasteiger partial charge < -0.3 is 20.9 Å². The van der Waals surface area contributed by atoms with Gasteiger partial charge in [0.05, 0.1) is 23.7 Å². The molecule has 10 nitrogen and oxygen atoms in total. The number of benzene rings is 2. The Morgan fingerprint density at radius 3 is 2.75 bits per heavy atom. The summed E-state index contributed by atoms with van der Waals surface area (Å²) < 4.78 is 7.83. The minimum Gasteiger partial charge on any atom is -0.481 e. The third-order valence-corrected chi connectivity index (χ3v) is 8.09. The average molecular weight is 561 g/mol. The molecule has 6 rings (SSSR count). The number of carbonyl (C=O) groups excluding carboxylic acids is 1. The minimum absolute atomic E-state index is 0.0355. The Bertz CT molecular complexity index is 1630. The number of fused-ring (bicyclic) bond motifs is 2. The molecule has 2 aromatic carbocycles. The van der Waals surface area contributed by atoms with E-state index in [1.54, 1.807) is 13.0 Å². The summed E-state index contributed by atoms with van der Waals surface area (Å²) in [5, 5.41) is 18.1. The smallest absolute Gasteiger partial charge is 0.303 e. The van der Waals surface area contributed by atoms with Crippen LogP contribution >= 0.6 is 11.6 Å². The standard InChI is InChI=1S/C29H29ClN6O4/c1-29(17-8-5-16(6-9-17)7-12-22(37)38)23-25(31)32-27(33-26(23)34-28(29)39)24-20-11-10-18(30)14-21(20)36(35-24)15-19-4-2-3-13-40-19/h5-6,8-11,14,19H,2-4,7,12-13,15H2,1H3,(H,37,38)(H3,31,32,33,34,39). The minimum atomic E-state index is -1.11. The van der Waals surface area contributed by atoms with Crippen molar-refractivity contribution in [3.05, 3.63) is 64.2 Å². The van der Waals surface area contributed by atoms with Crippen LogP contribution in [0, 0.1) is 0 Å². The molecule has 4 heterocycles. The molecule has 4 N–H and O–H groups in total. The number of hydrogen-bond donors (Lipinski definition) is 3. The zero-order valence-corrected chi connectivity index (χ0v) is 22.7. The van der Waals surface area contributed by atoms with Crippen molar-refractivity contribution < 1.29 is 19.4 Å². The summed E-state index contributed by atoms with van der Waals surface area (Å²) in [5.74, 6) is -0.291. The van der Waals surface area contributed by atoms with Crippen molar-refractivity contribution in [3.8, 4) is 11.5 Å². The van der Waals surface area contributed by atoms with Gasteiger partial charge in [-0.1, -0.05) is 35.9 Å². The molecule has 206 valence electrons. The number of aromatic nitrogens is 4. The predicted molar refractivity (Wildman–Crippen MR) is 151 cm³/mol. The molecule has 2 unspecified atom stereocenters. The number of halogens is 1. The van der Waals surface area contributed by atoms with Crippen LogP contribution in [0.15, 0.2) is 42.5 Å². The van der Waals surface area contributed by atoms with E-state index >= 15 is 0 Å². The maximum Gasteiger partial charge on any atom is 0.303 e. The van der Waals surface area contributed by atoms with E-state index in [9.17, 15) is 9.59 Å². The van der Waals surface area contributed by atoms with Crippen LogP contribution in [0.4, 0.5) is 11.6 Å². The van der Waals surface area contributed by atoms with Crippen LogP contribution in [0.25, 0.3) is 22.4 Å². The van der Waals surface area contributed by atoms with Crippen LogP contribution in [0.3, 0.4) is 0 Å². The molecule has 0 radical (unpaired) electrons. The Morgan fingerprint density at radius 2 is 2.02 bits per heavy atom. The number of nitrogen functional groups attached to an aromatic ring is 1. The molecule has 0 bridgehead atoms. The van der Waals surface area contributed by atoms with Crippen molar-refractivity contribution in [2.24, 2.45) is 0 Å². The van der Waals surface area contributed by atoms with Gasteiger partial charge in [-0.2, -0.15) is 5.10 Å². The van der Waals surface area contributed by atoms with Gasteiger partial charge >= 0.3 is 5.97 Å². The number of nitrogens with zero attached hydrogens (tertiary/aromatic N) is 4. The largest absolute Gasteiger partial charge is 0.481 e. The van der Waals surface area contributed by atoms with E-state index in [4.69, 9.17) is 37.3 Å². The van der Waals surface area contributed by atoms with Crippen molar-refractivity contribution in [3.63, 3.8) is 0 Å². The number of anilines is 2. The first-order valence-corrected chi connectivity index (χ1v) is 13.7. The summed E-state index contributed by atoms with van der Waals surface area (Å²) in [4.78, 5) is 33.7. The molecule has 40 heavy (non-hydrogen) atoms. The number of hydrogen-bond acceptors (Lipinski definition) is 7. The second kappa shape index (κ2) is 10.2. The third kappa shape index (κ3) is 4.56. The number of nitrogens with two attached hydrogens (primary N) is 1. The molecular formula is C29H29ClN6O4. The molecule has 0 saturated carbocycles. The van der Waals surface area contributed by atoms with Crippen molar-refractivity contribution >= 4 is 46.0 Å². The zero-order valence-electron chi connectivity index (χ0n) is 22.0. The summed E-state index contributed by atoms with van der Waals surface area (Å²) in [5.41, 5.74) is 8.89. The first kappa shape index (κ1) is 26.2. The van der Waals surface area contributed by atoms with Crippen LogP contribution in [0.5, 0.6) is 0 Å². The van der Waals surface area contributed by atoms with Crippen LogP contribution in [-0.4, -0.2) is 49.4 Å². The van der Waals surface area contributed by atoms with Gasteiger partial charge in [-0.25, -0.2) is 9.97 Å². The molecule has 1 amide bonds. The van der Waals surface area contributed by atoms with Gasteiger partial charge in [0.2, 0.25) is 5.91 Å². The highest BCUT2D eigenvalue weighted by atomic mass is 35.5. The van der Waals surface area contributed by atoms with Crippen molar-refractivity contribution in [2.45, 2.75) is 57.1 Å². The number of amides is 1. The van der Waals surface area contributed by atoms with Gasteiger partial charge in [0.15, 0.2) is 5.82 Å². The predicted octanol–water partition coefficient (Wildman–Crippen LogP) is 4.57. The number of aliphatic carboxylic acids is 1. The molecule has 11 heteroatoms. The second-order valence-corrected chi connectivity index (χ2v) is 10.9. The molecule has 2 aromatic heterocycles. The lowest BCUT2D eigenvalue weighted by Crippen LogP contribution is -2.33. The van der Waals surface area contributed by atoms with E-state index in [0.29, 0.717) is 46.5 Å². The lowest BCUT2D eigenvalue weighted by atomic mass is 9.77. The number of ether oxygens (including phenoxy) is 1. The number of carbonyl (C=O) groups is 2. The monoisotopic (exact) mass is 560 g/mol. The SMILES string of the molecule is CC1(c2ccc(CCC(=O)O)cc2)C(=O)Nc2nc(-c3nn(CC4CCCCO4)c4cc(Cl)ccc34)nc(N)c21. The van der Waals surface area contributed by atoms with Gasteiger partial charge in [0, 0.05) is 23.4 Å². The van der Waals surface area contributed by atoms with Crippen molar-refractivity contribution in [2.75, 3.05) is 17.7 Å². The fraction of sp³-hybridized carbons (Fsp3) is 0.345. The third-order valence-electron chi connectivity index (χ3n) is 7.86. The topological polar surface area (TPSA) is 145 Å².